The van der Waals surface area contributed by atoms with Crippen LogP contribution in [0.15, 0.2) is 15.2 Å². The smallest absolute Gasteiger partial charge is 0.106 e. The number of rotatable bonds is 3. The van der Waals surface area contributed by atoms with E-state index in [4.69, 9.17) is 23.2 Å². The highest BCUT2D eigenvalue weighted by molar-refractivity contribution is 6.56. The number of halogens is 2. The number of nitroso groups, excluding NO2 is 1. The van der Waals surface area contributed by atoms with E-state index in [-0.39, 0.29) is 29.9 Å². The molecule has 0 aromatic heterocycles. The zero-order valence-corrected chi connectivity index (χ0v) is 12.0. The Balaban J connectivity index is 2.32. The lowest BCUT2D eigenvalue weighted by molar-refractivity contribution is 0.0172. The Bertz CT molecular complexity index is 355. The second-order valence-electron chi connectivity index (χ2n) is 5.44. The van der Waals surface area contributed by atoms with Crippen LogP contribution in [0.25, 0.3) is 0 Å². The van der Waals surface area contributed by atoms with Crippen molar-refractivity contribution in [3.8, 4) is 0 Å². The molecule has 0 radical (unpaired) electrons. The van der Waals surface area contributed by atoms with Gasteiger partial charge in [0.15, 0.2) is 0 Å². The lowest BCUT2D eigenvalue weighted by Gasteiger charge is -2.36. The molecule has 0 spiro atoms. The summed E-state index contributed by atoms with van der Waals surface area (Å²) in [5, 5.41) is 13.5. The fourth-order valence-corrected chi connectivity index (χ4v) is 4.23. The fraction of sp³-hybridized carbons (Fsp3) is 0.846. The van der Waals surface area contributed by atoms with Crippen LogP contribution < -0.4 is 0 Å². The molecular formula is C13H19Cl2NO2. The molecule has 0 bridgehead atoms. The maximum Gasteiger partial charge on any atom is 0.106 e. The molecular weight excluding hydrogens is 273 g/mol. The number of hydrogen-bond donors (Lipinski definition) is 1. The van der Waals surface area contributed by atoms with Crippen molar-refractivity contribution in [1.29, 1.82) is 0 Å². The molecule has 0 amide bonds. The molecule has 102 valence electrons. The molecule has 0 saturated heterocycles. The van der Waals surface area contributed by atoms with Crippen molar-refractivity contribution < 1.29 is 5.11 Å². The molecule has 5 heteroatoms. The van der Waals surface area contributed by atoms with E-state index in [9.17, 15) is 10.0 Å². The molecule has 2 rings (SSSR count). The van der Waals surface area contributed by atoms with Gasteiger partial charge in [0.1, 0.15) is 4.49 Å². The molecule has 3 nitrogen and oxygen atoms in total. The second kappa shape index (κ2) is 5.89. The third kappa shape index (κ3) is 2.45. The van der Waals surface area contributed by atoms with Crippen LogP contribution in [0.1, 0.15) is 39.0 Å². The molecule has 0 aromatic rings. The molecule has 0 aliphatic heterocycles. The van der Waals surface area contributed by atoms with E-state index in [1.807, 2.05) is 0 Å². The van der Waals surface area contributed by atoms with Gasteiger partial charge in [-0.1, -0.05) is 41.7 Å². The molecule has 5 atom stereocenters. The molecule has 0 heterocycles. The largest absolute Gasteiger partial charge is 0.393 e. The zero-order valence-electron chi connectivity index (χ0n) is 10.5. The average molecular weight is 292 g/mol. The zero-order chi connectivity index (χ0) is 13.3. The van der Waals surface area contributed by atoms with Crippen molar-refractivity contribution in [3.05, 3.63) is 15.0 Å². The Morgan fingerprint density at radius 2 is 2.17 bits per heavy atom. The number of hydrogen-bond acceptors (Lipinski definition) is 3. The Morgan fingerprint density at radius 1 is 1.44 bits per heavy atom. The summed E-state index contributed by atoms with van der Waals surface area (Å²) in [7, 11) is 0. The second-order valence-corrected chi connectivity index (χ2v) is 6.39. The highest BCUT2D eigenvalue weighted by atomic mass is 35.5. The van der Waals surface area contributed by atoms with Gasteiger partial charge in [-0.05, 0) is 49.0 Å². The monoisotopic (exact) mass is 291 g/mol. The van der Waals surface area contributed by atoms with Gasteiger partial charge < -0.3 is 5.11 Å². The standard InChI is InChI=1S/C13H19Cl2NO2/c1-2-3-7-8(13(14)15)6-9-10(16-18)4-5-11(17)12(7)9/h7,9-12,17H,2-6H2,1H3. The van der Waals surface area contributed by atoms with Gasteiger partial charge in [-0.25, -0.2) is 0 Å². The van der Waals surface area contributed by atoms with Crippen LogP contribution in [0.2, 0.25) is 0 Å². The number of fused-ring (bicyclic) bond motifs is 1. The van der Waals surface area contributed by atoms with Crippen LogP contribution >= 0.6 is 23.2 Å². The summed E-state index contributed by atoms with van der Waals surface area (Å²) in [5.41, 5.74) is 1.02. The van der Waals surface area contributed by atoms with Gasteiger partial charge >= 0.3 is 0 Å². The van der Waals surface area contributed by atoms with E-state index in [1.165, 1.54) is 0 Å². The minimum Gasteiger partial charge on any atom is -0.393 e. The maximum absolute atomic E-state index is 10.9. The van der Waals surface area contributed by atoms with Crippen LogP contribution in [0.4, 0.5) is 0 Å². The van der Waals surface area contributed by atoms with Gasteiger partial charge in [0.2, 0.25) is 0 Å². The van der Waals surface area contributed by atoms with E-state index in [1.54, 1.807) is 0 Å². The molecule has 2 saturated carbocycles. The lowest BCUT2D eigenvalue weighted by atomic mass is 9.72. The average Bonchev–Trinajstić information content (AvgIpc) is 2.71. The maximum atomic E-state index is 10.9. The highest BCUT2D eigenvalue weighted by Gasteiger charge is 2.49. The molecule has 0 aromatic carbocycles. The quantitative estimate of drug-likeness (QED) is 0.799. The third-order valence-corrected chi connectivity index (χ3v) is 5.02. The van der Waals surface area contributed by atoms with Gasteiger partial charge in [-0.2, -0.15) is 4.91 Å². The number of nitrogens with zero attached hydrogens (tertiary/aromatic N) is 1. The first-order chi connectivity index (χ1) is 8.60. The van der Waals surface area contributed by atoms with Crippen LogP contribution in [-0.2, 0) is 0 Å². The summed E-state index contributed by atoms with van der Waals surface area (Å²) in [4.78, 5) is 10.9. The lowest BCUT2D eigenvalue weighted by Crippen LogP contribution is -2.39. The first-order valence-corrected chi connectivity index (χ1v) is 7.40. The third-order valence-electron chi connectivity index (χ3n) is 4.54. The minimum absolute atomic E-state index is 0.101. The van der Waals surface area contributed by atoms with Crippen molar-refractivity contribution in [2.75, 3.05) is 0 Å². The summed E-state index contributed by atoms with van der Waals surface area (Å²) in [5.74, 6) is 0.429. The van der Waals surface area contributed by atoms with E-state index in [0.717, 1.165) is 18.4 Å². The van der Waals surface area contributed by atoms with Crippen LogP contribution in [0.5, 0.6) is 0 Å². The Morgan fingerprint density at radius 3 is 2.72 bits per heavy atom. The normalized spacial score (nSPS) is 39.6. The van der Waals surface area contributed by atoms with Crippen molar-refractivity contribution in [2.45, 2.75) is 51.2 Å². The van der Waals surface area contributed by atoms with Gasteiger partial charge in [0.25, 0.3) is 0 Å². The SMILES string of the molecule is CCCC1C(=C(Cl)Cl)CC2C(N=O)CCC(O)C12. The highest BCUT2D eigenvalue weighted by Crippen LogP contribution is 2.53. The Kier molecular flexibility index (Phi) is 4.68. The number of aliphatic hydroxyl groups is 1. The van der Waals surface area contributed by atoms with E-state index in [0.29, 0.717) is 23.8 Å². The van der Waals surface area contributed by atoms with E-state index >= 15 is 0 Å². The molecule has 2 aliphatic carbocycles. The molecule has 18 heavy (non-hydrogen) atoms. The fourth-order valence-electron chi connectivity index (χ4n) is 3.79. The van der Waals surface area contributed by atoms with Gasteiger partial charge in [-0.3, -0.25) is 0 Å². The number of aliphatic hydroxyl groups excluding tert-OH is 1. The minimum atomic E-state index is -0.352. The van der Waals surface area contributed by atoms with Crippen molar-refractivity contribution in [2.24, 2.45) is 22.9 Å². The molecule has 2 fully saturated rings. The molecule has 5 unspecified atom stereocenters. The topological polar surface area (TPSA) is 49.7 Å². The Hall–Kier alpha value is -0.120. The van der Waals surface area contributed by atoms with Gasteiger partial charge in [0.05, 0.1) is 12.1 Å². The van der Waals surface area contributed by atoms with Crippen LogP contribution in [0.3, 0.4) is 0 Å². The van der Waals surface area contributed by atoms with Crippen LogP contribution in [-0.4, -0.2) is 17.3 Å². The first kappa shape index (κ1) is 14.3. The van der Waals surface area contributed by atoms with Crippen molar-refractivity contribution in [1.82, 2.24) is 0 Å². The number of allylic oxidation sites excluding steroid dienone is 1. The predicted octanol–water partition coefficient (Wildman–Crippen LogP) is 4.02. The van der Waals surface area contributed by atoms with Gasteiger partial charge in [-0.15, -0.1) is 0 Å². The first-order valence-electron chi connectivity index (χ1n) is 6.64. The van der Waals surface area contributed by atoms with Crippen LogP contribution in [0, 0.1) is 22.7 Å². The summed E-state index contributed by atoms with van der Waals surface area (Å²) in [6.07, 6.45) is 3.68. The molecule has 2 aliphatic rings. The molecule has 1 N–H and O–H groups in total. The van der Waals surface area contributed by atoms with E-state index < -0.39 is 0 Å². The Labute approximate surface area is 118 Å². The van der Waals surface area contributed by atoms with Gasteiger partial charge in [0, 0.05) is 0 Å². The summed E-state index contributed by atoms with van der Waals surface area (Å²) in [6, 6.07) is -0.192. The predicted molar refractivity (Wildman–Crippen MR) is 73.6 cm³/mol. The summed E-state index contributed by atoms with van der Waals surface area (Å²) in [6.45, 7) is 2.11. The summed E-state index contributed by atoms with van der Waals surface area (Å²) >= 11 is 11.9. The van der Waals surface area contributed by atoms with Crippen molar-refractivity contribution in [3.63, 3.8) is 0 Å². The van der Waals surface area contributed by atoms with Crippen molar-refractivity contribution >= 4 is 23.2 Å². The van der Waals surface area contributed by atoms with E-state index in [2.05, 4.69) is 12.1 Å². The summed E-state index contributed by atoms with van der Waals surface area (Å²) < 4.78 is 0.319.